The molecule has 2 amide bonds. The molecule has 6 rings (SSSR count). The van der Waals surface area contributed by atoms with Crippen molar-refractivity contribution in [3.63, 3.8) is 0 Å². The fourth-order valence-corrected chi connectivity index (χ4v) is 6.65. The molecule has 0 spiro atoms. The van der Waals surface area contributed by atoms with Crippen molar-refractivity contribution >= 4 is 34.0 Å². The molecule has 1 N–H and O–H groups in total. The number of carbonyl (C=O) groups is 2. The number of carbonyl (C=O) groups excluding carboxylic acids is 2. The molecule has 2 aliphatic rings. The number of hydrogen-bond acceptors (Lipinski definition) is 6. The van der Waals surface area contributed by atoms with Crippen molar-refractivity contribution in [3.05, 3.63) is 88.4 Å². The Morgan fingerprint density at radius 2 is 1.64 bits per heavy atom. The van der Waals surface area contributed by atoms with Crippen LogP contribution in [-0.2, 0) is 17.5 Å². The lowest BCUT2D eigenvalue weighted by atomic mass is 10.2. The second kappa shape index (κ2) is 13.1. The van der Waals surface area contributed by atoms with Gasteiger partial charge in [0.05, 0.1) is 29.1 Å². The quantitative estimate of drug-likeness (QED) is 0.253. The number of thiazole rings is 1. The van der Waals surface area contributed by atoms with E-state index in [0.717, 1.165) is 55.0 Å². The van der Waals surface area contributed by atoms with Gasteiger partial charge in [0.1, 0.15) is 0 Å². The third-order valence-electron chi connectivity index (χ3n) is 8.47. The van der Waals surface area contributed by atoms with Crippen LogP contribution >= 0.6 is 11.3 Å². The van der Waals surface area contributed by atoms with Gasteiger partial charge < -0.3 is 19.7 Å². The summed E-state index contributed by atoms with van der Waals surface area (Å²) in [6.07, 6.45) is -2.32. The van der Waals surface area contributed by atoms with E-state index in [1.165, 1.54) is 17.4 Å². The zero-order chi connectivity index (χ0) is 31.6. The highest BCUT2D eigenvalue weighted by molar-refractivity contribution is 7.14. The van der Waals surface area contributed by atoms with Gasteiger partial charge in [-0.3, -0.25) is 14.5 Å². The maximum Gasteiger partial charge on any atom is 0.416 e. The summed E-state index contributed by atoms with van der Waals surface area (Å²) in [6.45, 7) is 6.85. The van der Waals surface area contributed by atoms with Crippen LogP contribution in [0.1, 0.15) is 40.0 Å². The number of amides is 2. The van der Waals surface area contributed by atoms with Gasteiger partial charge in [0.25, 0.3) is 5.91 Å². The first-order valence-electron chi connectivity index (χ1n) is 15.1. The number of likely N-dealkylation sites (tertiary alicyclic amines) is 1. The third-order valence-corrected chi connectivity index (χ3v) is 9.22. The molecule has 8 nitrogen and oxygen atoms in total. The Labute approximate surface area is 264 Å². The van der Waals surface area contributed by atoms with E-state index in [9.17, 15) is 22.8 Å². The number of nitrogens with one attached hydrogen (secondary N) is 1. The second-order valence-electron chi connectivity index (χ2n) is 11.5. The van der Waals surface area contributed by atoms with E-state index < -0.39 is 11.7 Å². The van der Waals surface area contributed by atoms with Crippen molar-refractivity contribution < 1.29 is 22.8 Å². The standard InChI is InChI=1S/C33H35F3N6O2S/c1-23-27(31(44)41-16-14-39(15-17-41)21-30(43)40-12-5-6-13-40)19-29(42(23)20-24-8-3-2-4-9-24)28-22-45-32(38-28)37-26-11-7-10-25(18-26)33(34,35)36/h2-4,7-11,18-19,22H,5-6,12-17,20-21H2,1H3,(H,37,38). The molecule has 2 fully saturated rings. The summed E-state index contributed by atoms with van der Waals surface area (Å²) >= 11 is 1.28. The highest BCUT2D eigenvalue weighted by atomic mass is 32.1. The summed E-state index contributed by atoms with van der Waals surface area (Å²) in [5, 5.41) is 5.29. The minimum Gasteiger partial charge on any atom is -0.342 e. The zero-order valence-corrected chi connectivity index (χ0v) is 25.8. The van der Waals surface area contributed by atoms with Crippen molar-refractivity contribution in [1.82, 2.24) is 24.3 Å². The second-order valence-corrected chi connectivity index (χ2v) is 12.4. The Balaban J connectivity index is 1.21. The molecule has 0 saturated carbocycles. The molecule has 0 aliphatic carbocycles. The summed E-state index contributed by atoms with van der Waals surface area (Å²) in [5.74, 6) is 0.0968. The van der Waals surface area contributed by atoms with E-state index in [1.54, 1.807) is 6.07 Å². The molecule has 2 aliphatic heterocycles. The van der Waals surface area contributed by atoms with Crippen LogP contribution in [0.2, 0.25) is 0 Å². The molecule has 236 valence electrons. The maximum atomic E-state index is 13.9. The fourth-order valence-electron chi connectivity index (χ4n) is 5.93. The van der Waals surface area contributed by atoms with Crippen LogP contribution < -0.4 is 5.32 Å². The van der Waals surface area contributed by atoms with Crippen LogP contribution in [-0.4, -0.2) is 81.9 Å². The monoisotopic (exact) mass is 636 g/mol. The first-order valence-corrected chi connectivity index (χ1v) is 16.0. The van der Waals surface area contributed by atoms with E-state index in [-0.39, 0.29) is 11.8 Å². The highest BCUT2D eigenvalue weighted by Crippen LogP contribution is 2.34. The van der Waals surface area contributed by atoms with E-state index in [1.807, 2.05) is 58.5 Å². The highest BCUT2D eigenvalue weighted by Gasteiger charge is 2.31. The van der Waals surface area contributed by atoms with Gasteiger partial charge in [-0.25, -0.2) is 4.98 Å². The Bertz CT molecular complexity index is 1650. The molecular weight excluding hydrogens is 601 g/mol. The van der Waals surface area contributed by atoms with Crippen molar-refractivity contribution in [2.75, 3.05) is 51.1 Å². The molecule has 0 bridgehead atoms. The summed E-state index contributed by atoms with van der Waals surface area (Å²) in [6, 6.07) is 16.8. The predicted molar refractivity (Wildman–Crippen MR) is 169 cm³/mol. The Morgan fingerprint density at radius 1 is 0.911 bits per heavy atom. The van der Waals surface area contributed by atoms with Crippen LogP contribution in [0.4, 0.5) is 24.0 Å². The molecule has 2 aromatic carbocycles. The van der Waals surface area contributed by atoms with Crippen LogP contribution in [0.25, 0.3) is 11.4 Å². The van der Waals surface area contributed by atoms with Crippen molar-refractivity contribution in [1.29, 1.82) is 0 Å². The van der Waals surface area contributed by atoms with Crippen LogP contribution in [0.15, 0.2) is 66.0 Å². The molecule has 45 heavy (non-hydrogen) atoms. The average Bonchev–Trinajstić information content (AvgIpc) is 3.80. The minimum atomic E-state index is -4.44. The smallest absolute Gasteiger partial charge is 0.342 e. The van der Waals surface area contributed by atoms with Gasteiger partial charge in [0, 0.05) is 62.6 Å². The predicted octanol–water partition coefficient (Wildman–Crippen LogP) is 6.11. The van der Waals surface area contributed by atoms with E-state index in [4.69, 9.17) is 4.98 Å². The first kappa shape index (κ1) is 30.8. The van der Waals surface area contributed by atoms with Gasteiger partial charge in [-0.05, 0) is 49.6 Å². The Kier molecular flexibility index (Phi) is 8.95. The number of benzene rings is 2. The lowest BCUT2D eigenvalue weighted by Crippen LogP contribution is -2.51. The first-order chi connectivity index (χ1) is 21.7. The normalized spacial score (nSPS) is 15.9. The SMILES string of the molecule is Cc1c(C(=O)N2CCN(CC(=O)N3CCCC3)CC2)cc(-c2csc(Nc3cccc(C(F)(F)F)c3)n2)n1Cc1ccccc1. The molecule has 4 aromatic rings. The number of hydrogen-bond donors (Lipinski definition) is 1. The number of nitrogens with zero attached hydrogens (tertiary/aromatic N) is 5. The lowest BCUT2D eigenvalue weighted by molar-refractivity contribution is -0.137. The number of alkyl halides is 3. The molecule has 2 saturated heterocycles. The molecule has 0 radical (unpaired) electrons. The lowest BCUT2D eigenvalue weighted by Gasteiger charge is -2.35. The van der Waals surface area contributed by atoms with Gasteiger partial charge in [0.2, 0.25) is 5.91 Å². The summed E-state index contributed by atoms with van der Waals surface area (Å²) in [7, 11) is 0. The number of anilines is 2. The number of halogens is 3. The van der Waals surface area contributed by atoms with Gasteiger partial charge >= 0.3 is 6.18 Å². The van der Waals surface area contributed by atoms with Gasteiger partial charge in [-0.2, -0.15) is 13.2 Å². The van der Waals surface area contributed by atoms with Crippen molar-refractivity contribution in [2.24, 2.45) is 0 Å². The maximum absolute atomic E-state index is 13.9. The molecule has 2 aromatic heterocycles. The van der Waals surface area contributed by atoms with Gasteiger partial charge in [-0.15, -0.1) is 11.3 Å². The minimum absolute atomic E-state index is 0.0661. The molecule has 0 atom stereocenters. The number of piperazine rings is 1. The average molecular weight is 637 g/mol. The zero-order valence-electron chi connectivity index (χ0n) is 25.0. The number of rotatable bonds is 8. The summed E-state index contributed by atoms with van der Waals surface area (Å²) < 4.78 is 41.8. The fraction of sp³-hybridized carbons (Fsp3) is 0.364. The summed E-state index contributed by atoms with van der Waals surface area (Å²) in [5.41, 5.74) is 3.39. The van der Waals surface area contributed by atoms with E-state index >= 15 is 0 Å². The van der Waals surface area contributed by atoms with Crippen molar-refractivity contribution in [3.8, 4) is 11.4 Å². The van der Waals surface area contributed by atoms with E-state index in [0.29, 0.717) is 61.3 Å². The van der Waals surface area contributed by atoms with E-state index in [2.05, 4.69) is 14.8 Å². The molecule has 0 unspecified atom stereocenters. The van der Waals surface area contributed by atoms with Crippen molar-refractivity contribution in [2.45, 2.75) is 32.5 Å². The van der Waals surface area contributed by atoms with Gasteiger partial charge in [-0.1, -0.05) is 36.4 Å². The topological polar surface area (TPSA) is 73.7 Å². The largest absolute Gasteiger partial charge is 0.416 e. The van der Waals surface area contributed by atoms with Crippen LogP contribution in [0.3, 0.4) is 0 Å². The van der Waals surface area contributed by atoms with Crippen LogP contribution in [0.5, 0.6) is 0 Å². The number of aromatic nitrogens is 2. The molecule has 4 heterocycles. The van der Waals surface area contributed by atoms with Gasteiger partial charge in [0.15, 0.2) is 5.13 Å². The molecule has 12 heteroatoms. The Hall–Kier alpha value is -4.16. The third kappa shape index (κ3) is 7.07. The Morgan fingerprint density at radius 3 is 2.36 bits per heavy atom. The van der Waals surface area contributed by atoms with Crippen LogP contribution in [0, 0.1) is 6.92 Å². The molecular formula is C33H35F3N6O2S. The summed E-state index contributed by atoms with van der Waals surface area (Å²) in [4.78, 5) is 37.1.